The first-order valence-corrected chi connectivity index (χ1v) is 9.47. The van der Waals surface area contributed by atoms with Crippen molar-refractivity contribution >= 4 is 0 Å². The number of unbranched alkanes of at least 4 members (excludes halogenated alkanes) is 5. The molecule has 2 nitrogen and oxygen atoms in total. The second-order valence-corrected chi connectivity index (χ2v) is 7.12. The summed E-state index contributed by atoms with van der Waals surface area (Å²) in [6.07, 6.45) is 14.7. The summed E-state index contributed by atoms with van der Waals surface area (Å²) in [6.45, 7) is 7.95. The third-order valence-corrected chi connectivity index (χ3v) is 5.46. The van der Waals surface area contributed by atoms with Crippen LogP contribution in [0.4, 0.5) is 0 Å². The maximum atomic E-state index is 6.07. The number of hydrogen-bond donors (Lipinski definition) is 1. The van der Waals surface area contributed by atoms with Gasteiger partial charge in [0.25, 0.3) is 0 Å². The van der Waals surface area contributed by atoms with Crippen molar-refractivity contribution in [1.29, 1.82) is 0 Å². The van der Waals surface area contributed by atoms with Crippen LogP contribution < -0.4 is 5.32 Å². The van der Waals surface area contributed by atoms with Crippen molar-refractivity contribution in [3.05, 3.63) is 0 Å². The Morgan fingerprint density at radius 3 is 2.24 bits per heavy atom. The van der Waals surface area contributed by atoms with Gasteiger partial charge in [0.05, 0.1) is 5.60 Å². The minimum absolute atomic E-state index is 0.103. The Bertz CT molecular complexity index is 246. The highest BCUT2D eigenvalue weighted by Gasteiger charge is 2.40. The fraction of sp³-hybridized carbons (Fsp3) is 1.00. The van der Waals surface area contributed by atoms with Gasteiger partial charge in [0.2, 0.25) is 0 Å². The van der Waals surface area contributed by atoms with Gasteiger partial charge in [-0.3, -0.25) is 0 Å². The fourth-order valence-corrected chi connectivity index (χ4v) is 3.87. The largest absolute Gasteiger partial charge is 0.377 e. The van der Waals surface area contributed by atoms with Crippen LogP contribution in [0.5, 0.6) is 0 Å². The lowest BCUT2D eigenvalue weighted by molar-refractivity contribution is -0.0765. The lowest BCUT2D eigenvalue weighted by atomic mass is 9.74. The third-order valence-electron chi connectivity index (χ3n) is 5.46. The minimum Gasteiger partial charge on any atom is -0.377 e. The lowest BCUT2D eigenvalue weighted by Gasteiger charge is -2.44. The van der Waals surface area contributed by atoms with E-state index in [4.69, 9.17) is 4.74 Å². The van der Waals surface area contributed by atoms with E-state index in [-0.39, 0.29) is 5.60 Å². The van der Waals surface area contributed by atoms with E-state index in [0.29, 0.717) is 6.04 Å². The molecule has 1 rings (SSSR count). The van der Waals surface area contributed by atoms with E-state index in [2.05, 4.69) is 26.1 Å². The summed E-state index contributed by atoms with van der Waals surface area (Å²) in [6, 6.07) is 0.547. The molecule has 0 bridgehead atoms. The SMILES string of the molecule is CCCCCCCCC(NCC)C1(OC)CCC(C)CC1. The van der Waals surface area contributed by atoms with Crippen molar-refractivity contribution in [1.82, 2.24) is 5.32 Å². The van der Waals surface area contributed by atoms with Crippen LogP contribution >= 0.6 is 0 Å². The van der Waals surface area contributed by atoms with Crippen LogP contribution in [0.2, 0.25) is 0 Å². The van der Waals surface area contributed by atoms with Gasteiger partial charge < -0.3 is 10.1 Å². The second kappa shape index (κ2) is 10.6. The zero-order chi connectivity index (χ0) is 15.6. The molecule has 1 fully saturated rings. The zero-order valence-electron chi connectivity index (χ0n) is 15.0. The molecule has 0 spiro atoms. The molecule has 1 atom stereocenters. The van der Waals surface area contributed by atoms with Gasteiger partial charge in [-0.1, -0.05) is 59.3 Å². The molecule has 1 N–H and O–H groups in total. The Labute approximate surface area is 133 Å². The van der Waals surface area contributed by atoms with Gasteiger partial charge in [-0.05, 0) is 44.6 Å². The average Bonchev–Trinajstić information content (AvgIpc) is 2.51. The third kappa shape index (κ3) is 6.28. The molecule has 1 saturated carbocycles. The summed E-state index contributed by atoms with van der Waals surface area (Å²) < 4.78 is 6.07. The van der Waals surface area contributed by atoms with E-state index in [1.807, 2.05) is 7.11 Å². The van der Waals surface area contributed by atoms with Gasteiger partial charge in [-0.2, -0.15) is 0 Å². The van der Waals surface area contributed by atoms with Crippen LogP contribution in [0.25, 0.3) is 0 Å². The summed E-state index contributed by atoms with van der Waals surface area (Å²) in [5, 5.41) is 3.74. The van der Waals surface area contributed by atoms with E-state index in [0.717, 1.165) is 12.5 Å². The molecule has 0 aromatic heterocycles. The lowest BCUT2D eigenvalue weighted by Crippen LogP contribution is -2.53. The highest BCUT2D eigenvalue weighted by molar-refractivity contribution is 4.96. The van der Waals surface area contributed by atoms with Crippen LogP contribution in [0.1, 0.15) is 91.4 Å². The molecule has 0 radical (unpaired) electrons. The second-order valence-electron chi connectivity index (χ2n) is 7.12. The summed E-state index contributed by atoms with van der Waals surface area (Å²) in [5.74, 6) is 0.879. The summed E-state index contributed by atoms with van der Waals surface area (Å²) in [4.78, 5) is 0. The molecule has 0 saturated heterocycles. The molecule has 1 aliphatic carbocycles. The quantitative estimate of drug-likeness (QED) is 0.522. The average molecular weight is 298 g/mol. The van der Waals surface area contributed by atoms with Gasteiger partial charge in [0.1, 0.15) is 0 Å². The highest BCUT2D eigenvalue weighted by Crippen LogP contribution is 2.38. The van der Waals surface area contributed by atoms with Gasteiger partial charge in [-0.15, -0.1) is 0 Å². The van der Waals surface area contributed by atoms with Crippen LogP contribution in [-0.2, 0) is 4.74 Å². The number of nitrogens with one attached hydrogen (secondary N) is 1. The first-order valence-electron chi connectivity index (χ1n) is 9.47. The molecule has 0 heterocycles. The minimum atomic E-state index is 0.103. The van der Waals surface area contributed by atoms with Crippen molar-refractivity contribution in [3.63, 3.8) is 0 Å². The maximum absolute atomic E-state index is 6.07. The van der Waals surface area contributed by atoms with E-state index in [1.165, 1.54) is 70.6 Å². The first-order chi connectivity index (χ1) is 10.2. The van der Waals surface area contributed by atoms with Crippen molar-refractivity contribution in [2.45, 2.75) is 103 Å². The zero-order valence-corrected chi connectivity index (χ0v) is 15.0. The number of ether oxygens (including phenoxy) is 1. The topological polar surface area (TPSA) is 21.3 Å². The van der Waals surface area contributed by atoms with Crippen molar-refractivity contribution < 1.29 is 4.74 Å². The number of rotatable bonds is 11. The highest BCUT2D eigenvalue weighted by atomic mass is 16.5. The van der Waals surface area contributed by atoms with Gasteiger partial charge in [-0.25, -0.2) is 0 Å². The Morgan fingerprint density at radius 1 is 1.05 bits per heavy atom. The molecule has 1 unspecified atom stereocenters. The van der Waals surface area contributed by atoms with Crippen molar-refractivity contribution in [2.75, 3.05) is 13.7 Å². The monoisotopic (exact) mass is 297 g/mol. The van der Waals surface area contributed by atoms with E-state index >= 15 is 0 Å². The molecule has 0 aromatic rings. The van der Waals surface area contributed by atoms with Crippen molar-refractivity contribution in [2.24, 2.45) is 5.92 Å². The molecule has 0 amide bonds. The molecular formula is C19H39NO. The first kappa shape index (κ1) is 19.0. The number of methoxy groups -OCH3 is 1. The summed E-state index contributed by atoms with van der Waals surface area (Å²) >= 11 is 0. The predicted molar refractivity (Wildman–Crippen MR) is 92.8 cm³/mol. The van der Waals surface area contributed by atoms with E-state index in [9.17, 15) is 0 Å². The van der Waals surface area contributed by atoms with Gasteiger partial charge in [0.15, 0.2) is 0 Å². The molecule has 126 valence electrons. The van der Waals surface area contributed by atoms with Gasteiger partial charge in [0, 0.05) is 13.2 Å². The molecular weight excluding hydrogens is 258 g/mol. The molecule has 21 heavy (non-hydrogen) atoms. The standard InChI is InChI=1S/C19H39NO/c1-5-7-8-9-10-11-12-18(20-6-2)19(21-4)15-13-17(3)14-16-19/h17-18,20H,5-16H2,1-4H3. The normalized spacial score (nSPS) is 27.7. The number of hydrogen-bond acceptors (Lipinski definition) is 2. The predicted octanol–water partition coefficient (Wildman–Crippen LogP) is 5.31. The molecule has 0 aliphatic heterocycles. The Morgan fingerprint density at radius 2 is 1.67 bits per heavy atom. The van der Waals surface area contributed by atoms with E-state index < -0.39 is 0 Å². The van der Waals surface area contributed by atoms with Gasteiger partial charge >= 0.3 is 0 Å². The Balaban J connectivity index is 2.42. The molecule has 2 heteroatoms. The smallest absolute Gasteiger partial charge is 0.0831 e. The summed E-state index contributed by atoms with van der Waals surface area (Å²) in [5.41, 5.74) is 0.103. The van der Waals surface area contributed by atoms with Crippen LogP contribution in [-0.4, -0.2) is 25.3 Å². The molecule has 1 aliphatic rings. The van der Waals surface area contributed by atoms with Crippen molar-refractivity contribution in [3.8, 4) is 0 Å². The maximum Gasteiger partial charge on any atom is 0.0831 e. The summed E-state index contributed by atoms with van der Waals surface area (Å²) in [7, 11) is 1.93. The number of likely N-dealkylation sites (N-methyl/N-ethyl adjacent to an activating group) is 1. The Kier molecular flexibility index (Phi) is 9.59. The fourth-order valence-electron chi connectivity index (χ4n) is 3.87. The molecule has 0 aromatic carbocycles. The van der Waals surface area contributed by atoms with Crippen LogP contribution in [0.15, 0.2) is 0 Å². The van der Waals surface area contributed by atoms with E-state index in [1.54, 1.807) is 0 Å². The van der Waals surface area contributed by atoms with Crippen LogP contribution in [0, 0.1) is 5.92 Å². The van der Waals surface area contributed by atoms with Crippen LogP contribution in [0.3, 0.4) is 0 Å². The Hall–Kier alpha value is -0.0800.